The number of carbonyl (C=O) groups is 1. The molecule has 0 unspecified atom stereocenters. The Kier molecular flexibility index (Phi) is 3.00. The molecule has 0 N–H and O–H groups in total. The molecule has 0 aliphatic carbocycles. The average molecular weight is 171 g/mol. The van der Waals surface area contributed by atoms with E-state index in [2.05, 4.69) is 0 Å². The van der Waals surface area contributed by atoms with Gasteiger partial charge in [0.25, 0.3) is 0 Å². The minimum Gasteiger partial charge on any atom is -0.336 e. The number of carbonyl (C=O) groups excluding carboxylic acids is 1. The predicted octanol–water partition coefficient (Wildman–Crippen LogP) is 1.48. The highest BCUT2D eigenvalue weighted by Gasteiger charge is 2.16. The fourth-order valence-electron chi connectivity index (χ4n) is 1.03. The van der Waals surface area contributed by atoms with E-state index in [1.807, 2.05) is 30.2 Å². The largest absolute Gasteiger partial charge is 0.336 e. The molecule has 0 radical (unpaired) electrons. The maximum atomic E-state index is 11.3. The van der Waals surface area contributed by atoms with Crippen LogP contribution in [0.1, 0.15) is 13.8 Å². The van der Waals surface area contributed by atoms with Crippen LogP contribution >= 0.6 is 11.8 Å². The third-order valence-electron chi connectivity index (χ3n) is 1.65. The first kappa shape index (κ1) is 8.65. The number of hydrogen-bond acceptors (Lipinski definition) is 2. The highest BCUT2D eigenvalue weighted by Crippen LogP contribution is 2.11. The van der Waals surface area contributed by atoms with E-state index in [1.165, 1.54) is 0 Å². The monoisotopic (exact) mass is 171 g/mol. The molecule has 62 valence electrons. The summed E-state index contributed by atoms with van der Waals surface area (Å²) in [5.74, 6) is 0.837. The minimum absolute atomic E-state index is 0.245. The Hall–Kier alpha value is -0.440. The molecule has 0 aromatic heterocycles. The van der Waals surface area contributed by atoms with Crippen molar-refractivity contribution in [3.8, 4) is 0 Å². The molecule has 1 aliphatic rings. The van der Waals surface area contributed by atoms with Gasteiger partial charge in [-0.1, -0.05) is 6.08 Å². The Bertz CT molecular complexity index is 177. The van der Waals surface area contributed by atoms with Crippen LogP contribution < -0.4 is 0 Å². The Labute approximate surface area is 71.6 Å². The highest BCUT2D eigenvalue weighted by atomic mass is 32.2. The van der Waals surface area contributed by atoms with E-state index in [9.17, 15) is 4.79 Å². The van der Waals surface area contributed by atoms with Crippen molar-refractivity contribution in [2.75, 3.05) is 12.3 Å². The number of amides is 1. The first-order valence-corrected chi connectivity index (χ1v) is 4.83. The predicted molar refractivity (Wildman–Crippen MR) is 48.4 cm³/mol. The Morgan fingerprint density at radius 2 is 2.36 bits per heavy atom. The Balaban J connectivity index is 2.60. The molecule has 1 heterocycles. The third kappa shape index (κ3) is 2.26. The van der Waals surface area contributed by atoms with E-state index in [1.54, 1.807) is 11.8 Å². The van der Waals surface area contributed by atoms with Crippen LogP contribution in [0.3, 0.4) is 0 Å². The molecule has 1 aliphatic heterocycles. The van der Waals surface area contributed by atoms with Gasteiger partial charge < -0.3 is 4.90 Å². The molecule has 1 amide bonds. The SMILES string of the molecule is CC(C)N1CC=CSCC1=O. The third-order valence-corrected chi connectivity index (χ3v) is 2.44. The molecule has 0 aromatic rings. The van der Waals surface area contributed by atoms with E-state index in [4.69, 9.17) is 0 Å². The lowest BCUT2D eigenvalue weighted by Crippen LogP contribution is -2.37. The molecule has 2 nitrogen and oxygen atoms in total. The van der Waals surface area contributed by atoms with Gasteiger partial charge in [0.05, 0.1) is 5.75 Å². The fourth-order valence-corrected chi connectivity index (χ4v) is 1.65. The summed E-state index contributed by atoms with van der Waals surface area (Å²) in [4.78, 5) is 13.2. The molecule has 0 saturated heterocycles. The molecule has 1 rings (SSSR count). The number of nitrogens with zero attached hydrogens (tertiary/aromatic N) is 1. The van der Waals surface area contributed by atoms with Gasteiger partial charge in [-0.2, -0.15) is 0 Å². The fraction of sp³-hybridized carbons (Fsp3) is 0.625. The molecule has 0 saturated carbocycles. The second-order valence-corrected chi connectivity index (χ2v) is 3.72. The number of rotatable bonds is 1. The van der Waals surface area contributed by atoms with Gasteiger partial charge in [0.1, 0.15) is 0 Å². The minimum atomic E-state index is 0.245. The summed E-state index contributed by atoms with van der Waals surface area (Å²) < 4.78 is 0. The maximum Gasteiger partial charge on any atom is 0.233 e. The van der Waals surface area contributed by atoms with Crippen molar-refractivity contribution < 1.29 is 4.79 Å². The first-order valence-electron chi connectivity index (χ1n) is 3.78. The lowest BCUT2D eigenvalue weighted by atomic mass is 10.3. The zero-order valence-corrected chi connectivity index (χ0v) is 7.73. The smallest absolute Gasteiger partial charge is 0.233 e. The summed E-state index contributed by atoms with van der Waals surface area (Å²) in [6.45, 7) is 4.85. The second kappa shape index (κ2) is 3.81. The molecule has 0 atom stereocenters. The zero-order chi connectivity index (χ0) is 8.27. The average Bonchev–Trinajstić information content (AvgIpc) is 2.13. The van der Waals surface area contributed by atoms with E-state index in [0.717, 1.165) is 6.54 Å². The van der Waals surface area contributed by atoms with Crippen LogP contribution in [0.4, 0.5) is 0 Å². The van der Waals surface area contributed by atoms with Gasteiger partial charge in [0.2, 0.25) is 5.91 Å². The van der Waals surface area contributed by atoms with E-state index in [-0.39, 0.29) is 5.91 Å². The second-order valence-electron chi connectivity index (χ2n) is 2.82. The van der Waals surface area contributed by atoms with E-state index < -0.39 is 0 Å². The quantitative estimate of drug-likeness (QED) is 0.595. The van der Waals surface area contributed by atoms with Crippen molar-refractivity contribution >= 4 is 17.7 Å². The summed E-state index contributed by atoms with van der Waals surface area (Å²) in [6, 6.07) is 0.325. The zero-order valence-electron chi connectivity index (χ0n) is 6.91. The van der Waals surface area contributed by atoms with Gasteiger partial charge in [0, 0.05) is 12.6 Å². The van der Waals surface area contributed by atoms with Gasteiger partial charge in [-0.05, 0) is 19.3 Å². The summed E-state index contributed by atoms with van der Waals surface area (Å²) >= 11 is 1.57. The van der Waals surface area contributed by atoms with Crippen LogP contribution in [0.25, 0.3) is 0 Å². The van der Waals surface area contributed by atoms with Gasteiger partial charge in [0.15, 0.2) is 0 Å². The molecule has 0 bridgehead atoms. The molecule has 0 fully saturated rings. The summed E-state index contributed by atoms with van der Waals surface area (Å²) in [6.07, 6.45) is 2.04. The van der Waals surface area contributed by atoms with E-state index >= 15 is 0 Å². The van der Waals surface area contributed by atoms with Crippen LogP contribution in [0, 0.1) is 0 Å². The highest BCUT2D eigenvalue weighted by molar-refractivity contribution is 8.02. The van der Waals surface area contributed by atoms with Crippen LogP contribution in [-0.2, 0) is 4.79 Å². The summed E-state index contributed by atoms with van der Waals surface area (Å²) in [5, 5.41) is 2.00. The van der Waals surface area contributed by atoms with Gasteiger partial charge in [-0.3, -0.25) is 4.79 Å². The van der Waals surface area contributed by atoms with Crippen LogP contribution in [0.15, 0.2) is 11.5 Å². The van der Waals surface area contributed by atoms with Crippen LogP contribution in [0.5, 0.6) is 0 Å². The normalized spacial score (nSPS) is 19.2. The van der Waals surface area contributed by atoms with Crippen molar-refractivity contribution in [2.24, 2.45) is 0 Å². The van der Waals surface area contributed by atoms with Gasteiger partial charge in [-0.25, -0.2) is 0 Å². The maximum absolute atomic E-state index is 11.3. The van der Waals surface area contributed by atoms with Crippen molar-refractivity contribution in [2.45, 2.75) is 19.9 Å². The molecule has 0 spiro atoms. The molecule has 0 aromatic carbocycles. The number of hydrogen-bond donors (Lipinski definition) is 0. The van der Waals surface area contributed by atoms with Gasteiger partial charge in [-0.15, -0.1) is 11.8 Å². The summed E-state index contributed by atoms with van der Waals surface area (Å²) in [7, 11) is 0. The van der Waals surface area contributed by atoms with E-state index in [0.29, 0.717) is 11.8 Å². The lowest BCUT2D eigenvalue weighted by molar-refractivity contribution is -0.129. The standard InChI is InChI=1S/C8H13NOS/c1-7(2)9-4-3-5-11-6-8(9)10/h3,5,7H,4,6H2,1-2H3. The van der Waals surface area contributed by atoms with Crippen molar-refractivity contribution in [1.82, 2.24) is 4.90 Å². The Morgan fingerprint density at radius 1 is 1.64 bits per heavy atom. The molecular formula is C8H13NOS. The first-order chi connectivity index (χ1) is 5.22. The molecule has 3 heteroatoms. The number of thioether (sulfide) groups is 1. The van der Waals surface area contributed by atoms with Crippen LogP contribution in [0.2, 0.25) is 0 Å². The molecule has 11 heavy (non-hydrogen) atoms. The summed E-state index contributed by atoms with van der Waals surface area (Å²) in [5.41, 5.74) is 0. The van der Waals surface area contributed by atoms with Crippen LogP contribution in [-0.4, -0.2) is 29.1 Å². The Morgan fingerprint density at radius 3 is 3.00 bits per heavy atom. The van der Waals surface area contributed by atoms with Crippen molar-refractivity contribution in [3.63, 3.8) is 0 Å². The lowest BCUT2D eigenvalue weighted by Gasteiger charge is -2.23. The topological polar surface area (TPSA) is 20.3 Å². The van der Waals surface area contributed by atoms with Gasteiger partial charge >= 0.3 is 0 Å². The van der Waals surface area contributed by atoms with Crippen molar-refractivity contribution in [1.29, 1.82) is 0 Å². The van der Waals surface area contributed by atoms with Crippen molar-refractivity contribution in [3.05, 3.63) is 11.5 Å². The molecular weight excluding hydrogens is 158 g/mol.